The van der Waals surface area contributed by atoms with Crippen LogP contribution in [0.2, 0.25) is 0 Å². The molecule has 12 bridgehead atoms. The van der Waals surface area contributed by atoms with Gasteiger partial charge in [0.15, 0.2) is 18.1 Å². The minimum absolute atomic E-state index is 0.00733. The van der Waals surface area contributed by atoms with Crippen molar-refractivity contribution in [2.45, 2.75) is 108 Å². The average Bonchev–Trinajstić information content (AvgIpc) is 1.61. The molecule has 11 heterocycles. The number of nitrogens with zero attached hydrogens (tertiary/aromatic N) is 7. The normalized spacial score (nSPS) is 24.1. The summed E-state index contributed by atoms with van der Waals surface area (Å²) in [6, 6.07) is 0.568. The number of rotatable bonds is 9. The van der Waals surface area contributed by atoms with Crippen molar-refractivity contribution in [2.75, 3.05) is 20.8 Å². The first-order valence-corrected chi connectivity index (χ1v) is 33.7. The highest BCUT2D eigenvalue weighted by Gasteiger charge is 2.49. The van der Waals surface area contributed by atoms with Gasteiger partial charge >= 0.3 is 11.9 Å². The summed E-state index contributed by atoms with van der Waals surface area (Å²) >= 11 is 4.45. The second-order valence-electron chi connectivity index (χ2n) is 22.7. The molecule has 6 amide bonds. The molecule has 1 saturated heterocycles. The number of carbonyl (C=O) groups excluding carboxylic acids is 8. The standard InChI is InChI=1S/C60H58N14O18S5/c1-21(47(61)77)63-48(78)30-18-96-56(68-30)41-35(76)11-26-40(70-41)29-16-94-54(65-29)28-15-90-58(83)43-27-14-88-44(45(92-36-12-60(5,85)46(62-6)24(4)91-36)59(84)89-13-25-9-8-10-34(37(25)27)74(43)86)42(57-69-31(19-97-57)49(79)64-28)73-51(81)33-20-95-55(67-33)39(23(3)87-7)72-52(82)38(22(2)75)71-50(80)32-17-93-53(26)66-32/h8-11,16-20,22,24,28,36,38,42,44-46,62,75-76,85-86H,1,12-15H2,2-7H3,(H2,61,77)(H,63,78)(H,64,79)(H,71,80)(H,72,82)(H,73,81)/b39-23+/t22-,24+,28+,36+,38+,42+,44+,45+,46-,60+/m1/s1. The molecule has 97 heavy (non-hydrogen) atoms. The number of primary amides is 1. The smallest absolute Gasteiger partial charge is 0.358 e. The van der Waals surface area contributed by atoms with E-state index in [2.05, 4.69) is 53.4 Å². The Bertz CT molecular complexity index is 4570. The summed E-state index contributed by atoms with van der Waals surface area (Å²) in [5.74, 6) is -8.29. The van der Waals surface area contributed by atoms with Crippen LogP contribution in [-0.2, 0) is 56.0 Å². The number of thiazole rings is 5. The summed E-state index contributed by atoms with van der Waals surface area (Å²) in [5, 5.41) is 70.1. The van der Waals surface area contributed by atoms with Crippen molar-refractivity contribution in [1.82, 2.24) is 66.5 Å². The van der Waals surface area contributed by atoms with Crippen LogP contribution in [0.4, 0.5) is 0 Å². The molecule has 4 aliphatic rings. The highest BCUT2D eigenvalue weighted by molar-refractivity contribution is 7.14. The number of aliphatic hydroxyl groups excluding tert-OH is 1. The number of amides is 6. The number of nitrogens with one attached hydrogen (secondary N) is 6. The molecule has 0 spiro atoms. The molecular weight excluding hydrogens is 1370 g/mol. The molecule has 0 unspecified atom stereocenters. The number of cyclic esters (lactones) is 2. The molecule has 1 fully saturated rings. The number of aromatic nitrogens is 7. The lowest BCUT2D eigenvalue weighted by atomic mass is 9.86. The van der Waals surface area contributed by atoms with Gasteiger partial charge in [0, 0.05) is 49.8 Å². The van der Waals surface area contributed by atoms with Crippen LogP contribution in [0.25, 0.3) is 49.3 Å². The minimum atomic E-state index is -1.92. The number of carbonyl (C=O) groups is 8. The topological polar surface area (TPSA) is 453 Å². The lowest BCUT2D eigenvalue weighted by Crippen LogP contribution is -2.61. The molecule has 12 N–H and O–H groups in total. The Morgan fingerprint density at radius 2 is 1.53 bits per heavy atom. The number of aliphatic hydroxyl groups is 2. The van der Waals surface area contributed by atoms with Crippen LogP contribution < -0.4 is 37.6 Å². The zero-order chi connectivity index (χ0) is 69.0. The number of hydrogen-bond donors (Lipinski definition) is 11. The molecule has 506 valence electrons. The van der Waals surface area contributed by atoms with Crippen molar-refractivity contribution in [1.29, 1.82) is 0 Å². The fraction of sp³-hybridized carbons (Fsp3) is 0.333. The molecule has 0 saturated carbocycles. The predicted molar refractivity (Wildman–Crippen MR) is 345 cm³/mol. The third-order valence-electron chi connectivity index (χ3n) is 16.1. The number of fused-ring (bicyclic) bond motifs is 15. The van der Waals surface area contributed by atoms with E-state index in [0.717, 1.165) is 56.7 Å². The summed E-state index contributed by atoms with van der Waals surface area (Å²) in [7, 11) is 2.94. The zero-order valence-corrected chi connectivity index (χ0v) is 55.8. The lowest BCUT2D eigenvalue weighted by molar-refractivity contribution is -0.272. The van der Waals surface area contributed by atoms with E-state index in [1.165, 1.54) is 60.0 Å². The Morgan fingerprint density at radius 1 is 0.856 bits per heavy atom. The van der Waals surface area contributed by atoms with Crippen molar-refractivity contribution in [2.24, 2.45) is 5.73 Å². The Labute approximate surface area is 567 Å². The van der Waals surface area contributed by atoms with Gasteiger partial charge in [-0.25, -0.2) is 39.5 Å². The molecule has 8 aromatic rings. The van der Waals surface area contributed by atoms with Crippen LogP contribution in [0.3, 0.4) is 0 Å². The van der Waals surface area contributed by atoms with Crippen molar-refractivity contribution in [3.63, 3.8) is 0 Å². The second kappa shape index (κ2) is 27.2. The molecule has 1 aromatic carbocycles. The van der Waals surface area contributed by atoms with Crippen LogP contribution >= 0.6 is 56.7 Å². The van der Waals surface area contributed by atoms with Crippen molar-refractivity contribution >= 4 is 121 Å². The first kappa shape index (κ1) is 67.4. The highest BCUT2D eigenvalue weighted by atomic mass is 32.1. The van der Waals surface area contributed by atoms with Crippen LogP contribution in [0.15, 0.2) is 69.2 Å². The van der Waals surface area contributed by atoms with E-state index in [1.807, 2.05) is 0 Å². The lowest BCUT2D eigenvalue weighted by Gasteiger charge is -2.45. The van der Waals surface area contributed by atoms with Gasteiger partial charge in [0.1, 0.15) is 120 Å². The average molecular weight is 1420 g/mol. The number of likely N-dealkylation sites (N-methyl/N-ethyl adjacent to an activating group) is 1. The van der Waals surface area contributed by atoms with Crippen molar-refractivity contribution in [3.8, 4) is 38.4 Å². The predicted octanol–water partition coefficient (Wildman–Crippen LogP) is 3.55. The summed E-state index contributed by atoms with van der Waals surface area (Å²) in [4.78, 5) is 142. The van der Waals surface area contributed by atoms with Crippen LogP contribution in [0.5, 0.6) is 5.75 Å². The minimum Gasteiger partial charge on any atom is -0.506 e. The number of esters is 2. The van der Waals surface area contributed by atoms with E-state index in [1.54, 1.807) is 33.0 Å². The van der Waals surface area contributed by atoms with E-state index in [9.17, 15) is 49.3 Å². The number of pyridine rings is 1. The van der Waals surface area contributed by atoms with E-state index in [-0.39, 0.29) is 105 Å². The quantitative estimate of drug-likeness (QED) is 0.0426. The van der Waals surface area contributed by atoms with Gasteiger partial charge in [-0.1, -0.05) is 18.7 Å². The maximum absolute atomic E-state index is 15.1. The number of hydrogen-bond acceptors (Lipinski definition) is 30. The Kier molecular flexibility index (Phi) is 18.9. The van der Waals surface area contributed by atoms with E-state index in [4.69, 9.17) is 49.1 Å². The van der Waals surface area contributed by atoms with Gasteiger partial charge in [-0.2, -0.15) is 4.73 Å². The first-order valence-electron chi connectivity index (χ1n) is 29.3. The van der Waals surface area contributed by atoms with Gasteiger partial charge < -0.3 is 86.6 Å². The third kappa shape index (κ3) is 13.3. The molecule has 0 radical (unpaired) electrons. The fourth-order valence-corrected chi connectivity index (χ4v) is 15.5. The van der Waals surface area contributed by atoms with Crippen LogP contribution in [-0.4, -0.2) is 172 Å². The molecule has 37 heteroatoms. The molecule has 12 rings (SSSR count). The highest BCUT2D eigenvalue weighted by Crippen LogP contribution is 2.43. The zero-order valence-electron chi connectivity index (χ0n) is 51.7. The Hall–Kier alpha value is -9.54. The van der Waals surface area contributed by atoms with Crippen LogP contribution in [0, 0.1) is 0 Å². The van der Waals surface area contributed by atoms with Gasteiger partial charge in [0.2, 0.25) is 5.91 Å². The van der Waals surface area contributed by atoms with E-state index >= 15 is 9.59 Å². The molecule has 10 atom stereocenters. The number of ether oxygens (including phenoxy) is 6. The monoisotopic (exact) mass is 1420 g/mol. The Balaban J connectivity index is 1.04. The SMILES string of the molecule is C=C(NC(=O)c1csc(-c2nc3c(cc2O)-c2nc(cs2)C(=O)N[C@@H]([C@@H](C)O)C(=O)N/C(=C(\C)OC)c2nc(cs2)C(=O)N[C@@H]2c4nc(cs4)C(=O)N[C@@H](COC(=O)c4c5c6c(cccc6n4O)COC(=O)[C@@H](O[C@H]4C[C@](C)(O)[C@H](NC)[C@H](C)O4)[C@H]2OC5)c2nc-3cs2)n1)C(N)=O. The third-order valence-corrected chi connectivity index (χ3v) is 20.6. The van der Waals surface area contributed by atoms with E-state index < -0.39 is 145 Å². The Morgan fingerprint density at radius 3 is 2.25 bits per heavy atom. The summed E-state index contributed by atoms with van der Waals surface area (Å²) in [6.07, 6.45) is -7.59. The number of benzene rings is 1. The molecule has 32 nitrogen and oxygen atoms in total. The van der Waals surface area contributed by atoms with E-state index in [0.29, 0.717) is 10.3 Å². The van der Waals surface area contributed by atoms with Crippen molar-refractivity contribution < 1.29 is 87.3 Å². The maximum atomic E-state index is 15.1. The number of aromatic hydroxyl groups is 1. The van der Waals surface area contributed by atoms with Gasteiger partial charge in [0.05, 0.1) is 48.8 Å². The largest absolute Gasteiger partial charge is 0.506 e. The van der Waals surface area contributed by atoms with Gasteiger partial charge in [0.25, 0.3) is 29.5 Å². The van der Waals surface area contributed by atoms with Gasteiger partial charge in [-0.05, 0) is 52.4 Å². The number of methoxy groups -OCH3 is 1. The summed E-state index contributed by atoms with van der Waals surface area (Å²) < 4.78 is 38.0. The number of nitrogens with two attached hydrogens (primary N) is 1. The molecule has 7 aromatic heterocycles. The number of allylic oxidation sites excluding steroid dienone is 1. The summed E-state index contributed by atoms with van der Waals surface area (Å²) in [5.41, 5.74) is 1.97. The fourth-order valence-electron chi connectivity index (χ4n) is 11.3. The van der Waals surface area contributed by atoms with Gasteiger partial charge in [-0.3, -0.25) is 28.8 Å². The van der Waals surface area contributed by atoms with Crippen molar-refractivity contribution in [3.05, 3.63) is 124 Å². The first-order chi connectivity index (χ1) is 46.3. The summed E-state index contributed by atoms with van der Waals surface area (Å²) in [6.45, 7) is 7.61. The van der Waals surface area contributed by atoms with Gasteiger partial charge in [-0.15, -0.1) is 56.7 Å². The molecule has 0 aliphatic carbocycles. The molecular formula is C60H58N14O18S5. The maximum Gasteiger partial charge on any atom is 0.358 e. The second-order valence-corrected chi connectivity index (χ2v) is 27.0. The molecule has 4 aliphatic heterocycles. The van der Waals surface area contributed by atoms with Crippen LogP contribution in [0.1, 0.15) is 125 Å².